The number of hydrogen-bond acceptors (Lipinski definition) is 4. The van der Waals surface area contributed by atoms with Gasteiger partial charge in [0.1, 0.15) is 0 Å². The third kappa shape index (κ3) is 4.47. The lowest BCUT2D eigenvalue weighted by Gasteiger charge is -2.48. The van der Waals surface area contributed by atoms with Crippen molar-refractivity contribution in [3.63, 3.8) is 0 Å². The summed E-state index contributed by atoms with van der Waals surface area (Å²) in [5, 5.41) is 0. The summed E-state index contributed by atoms with van der Waals surface area (Å²) in [6.45, 7) is 7.23. The smallest absolute Gasteiger partial charge is 0.239 e. The van der Waals surface area contributed by atoms with E-state index in [0.717, 1.165) is 70.5 Å². The molecule has 0 aromatic carbocycles. The molecule has 4 heterocycles. The van der Waals surface area contributed by atoms with E-state index in [9.17, 15) is 9.59 Å². The Kier molecular flexibility index (Phi) is 6.18. The summed E-state index contributed by atoms with van der Waals surface area (Å²) in [4.78, 5) is 36.5. The average molecular weight is 399 g/mol. The van der Waals surface area contributed by atoms with Gasteiger partial charge in [0.25, 0.3) is 0 Å². The first-order valence-corrected chi connectivity index (χ1v) is 11.3. The zero-order valence-corrected chi connectivity index (χ0v) is 17.7. The number of hydrogen-bond donors (Lipinski definition) is 0. The van der Waals surface area contributed by atoms with E-state index in [-0.39, 0.29) is 17.4 Å². The van der Waals surface area contributed by atoms with Crippen LogP contribution in [0.15, 0.2) is 24.4 Å². The lowest BCUT2D eigenvalue weighted by molar-refractivity contribution is -0.146. The van der Waals surface area contributed by atoms with Gasteiger partial charge in [-0.1, -0.05) is 19.4 Å². The molecule has 4 rings (SSSR count). The second-order valence-corrected chi connectivity index (χ2v) is 9.04. The van der Waals surface area contributed by atoms with Crippen LogP contribution in [-0.4, -0.2) is 70.3 Å². The van der Waals surface area contributed by atoms with Crippen molar-refractivity contribution in [1.82, 2.24) is 19.7 Å². The van der Waals surface area contributed by atoms with E-state index in [1.54, 1.807) is 6.20 Å². The molecule has 1 spiro atoms. The molecule has 6 nitrogen and oxygen atoms in total. The molecular formula is C23H34N4O2. The van der Waals surface area contributed by atoms with Crippen molar-refractivity contribution in [3.05, 3.63) is 30.1 Å². The topological polar surface area (TPSA) is 56.8 Å². The first-order valence-electron chi connectivity index (χ1n) is 11.3. The number of aromatic nitrogens is 1. The van der Waals surface area contributed by atoms with Gasteiger partial charge in [-0.15, -0.1) is 0 Å². The Labute approximate surface area is 174 Å². The van der Waals surface area contributed by atoms with Crippen LogP contribution in [0.1, 0.15) is 57.6 Å². The van der Waals surface area contributed by atoms with Crippen molar-refractivity contribution in [1.29, 1.82) is 0 Å². The number of likely N-dealkylation sites (tertiary alicyclic amines) is 3. The van der Waals surface area contributed by atoms with Gasteiger partial charge in [-0.2, -0.15) is 0 Å². The van der Waals surface area contributed by atoms with Crippen LogP contribution >= 0.6 is 0 Å². The van der Waals surface area contributed by atoms with Crippen LogP contribution in [0.4, 0.5) is 0 Å². The Morgan fingerprint density at radius 2 is 2.00 bits per heavy atom. The van der Waals surface area contributed by atoms with E-state index in [1.165, 1.54) is 6.42 Å². The first-order chi connectivity index (χ1) is 14.1. The number of piperidine rings is 3. The van der Waals surface area contributed by atoms with Crippen molar-refractivity contribution in [2.75, 3.05) is 32.7 Å². The Morgan fingerprint density at radius 3 is 2.72 bits per heavy atom. The van der Waals surface area contributed by atoms with Crippen molar-refractivity contribution in [3.8, 4) is 0 Å². The maximum absolute atomic E-state index is 13.2. The molecule has 0 bridgehead atoms. The van der Waals surface area contributed by atoms with Crippen LogP contribution in [-0.2, 0) is 16.1 Å². The molecule has 0 N–H and O–H groups in total. The molecule has 1 aromatic heterocycles. The minimum atomic E-state index is 0.0800. The highest BCUT2D eigenvalue weighted by molar-refractivity contribution is 5.82. The molecule has 3 aliphatic rings. The number of carbonyl (C=O) groups excluding carboxylic acids is 2. The van der Waals surface area contributed by atoms with Crippen molar-refractivity contribution in [2.45, 2.75) is 64.5 Å². The fraction of sp³-hybridized carbons (Fsp3) is 0.696. The van der Waals surface area contributed by atoms with Crippen LogP contribution < -0.4 is 0 Å². The van der Waals surface area contributed by atoms with Gasteiger partial charge in [-0.05, 0) is 62.7 Å². The third-order valence-electron chi connectivity index (χ3n) is 7.27. The number of amides is 2. The summed E-state index contributed by atoms with van der Waals surface area (Å²) in [7, 11) is 0. The number of nitrogens with zero attached hydrogens (tertiary/aromatic N) is 4. The predicted molar refractivity (Wildman–Crippen MR) is 112 cm³/mol. The standard InChI is InChI=1S/C23H34N4O2/c1-2-25-14-6-4-8-20(25)22(29)26-15-11-23(12-16-26)10-9-21(28)27(18-23)17-19-7-3-5-13-24-19/h3,5,7,13,20H,2,4,6,8-12,14-18H2,1H3/t20-/m0/s1. The van der Waals surface area contributed by atoms with Gasteiger partial charge in [0.2, 0.25) is 11.8 Å². The molecule has 0 aliphatic carbocycles. The number of likely N-dealkylation sites (N-methyl/N-ethyl adjacent to an activating group) is 1. The summed E-state index contributed by atoms with van der Waals surface area (Å²) in [6, 6.07) is 5.94. The summed E-state index contributed by atoms with van der Waals surface area (Å²) >= 11 is 0. The highest BCUT2D eigenvalue weighted by Gasteiger charge is 2.43. The van der Waals surface area contributed by atoms with Crippen molar-refractivity contribution < 1.29 is 9.59 Å². The second-order valence-electron chi connectivity index (χ2n) is 9.04. The van der Waals surface area contributed by atoms with Gasteiger partial charge in [0.15, 0.2) is 0 Å². The van der Waals surface area contributed by atoms with Crippen LogP contribution in [0, 0.1) is 5.41 Å². The Balaban J connectivity index is 1.36. The van der Waals surface area contributed by atoms with Crippen LogP contribution in [0.25, 0.3) is 0 Å². The molecule has 3 saturated heterocycles. The molecule has 3 aliphatic heterocycles. The van der Waals surface area contributed by atoms with Gasteiger partial charge in [0, 0.05) is 32.3 Å². The van der Waals surface area contributed by atoms with Crippen molar-refractivity contribution in [2.24, 2.45) is 5.41 Å². The number of carbonyl (C=O) groups is 2. The largest absolute Gasteiger partial charge is 0.341 e. The molecule has 1 atom stereocenters. The third-order valence-corrected chi connectivity index (χ3v) is 7.27. The molecule has 158 valence electrons. The van der Waals surface area contributed by atoms with Gasteiger partial charge in [-0.3, -0.25) is 19.5 Å². The summed E-state index contributed by atoms with van der Waals surface area (Å²) < 4.78 is 0. The molecule has 3 fully saturated rings. The Bertz CT molecular complexity index is 715. The zero-order chi connectivity index (χ0) is 20.3. The highest BCUT2D eigenvalue weighted by Crippen LogP contribution is 2.41. The predicted octanol–water partition coefficient (Wildman–Crippen LogP) is 2.69. The monoisotopic (exact) mass is 398 g/mol. The van der Waals surface area contributed by atoms with Gasteiger partial charge in [0.05, 0.1) is 18.3 Å². The average Bonchev–Trinajstić information content (AvgIpc) is 2.77. The first kappa shape index (κ1) is 20.3. The van der Waals surface area contributed by atoms with Gasteiger partial charge in [-0.25, -0.2) is 0 Å². The normalized spacial score (nSPS) is 25.4. The molecule has 1 aromatic rings. The van der Waals surface area contributed by atoms with Crippen LogP contribution in [0.3, 0.4) is 0 Å². The van der Waals surface area contributed by atoms with E-state index in [1.807, 2.05) is 23.1 Å². The Morgan fingerprint density at radius 1 is 1.17 bits per heavy atom. The SMILES string of the molecule is CCN1CCCC[C@H]1C(=O)N1CCC2(CCC(=O)N(Cc3ccccn3)C2)CC1. The molecule has 29 heavy (non-hydrogen) atoms. The van der Waals surface area contributed by atoms with E-state index in [0.29, 0.717) is 18.9 Å². The minimum Gasteiger partial charge on any atom is -0.341 e. The fourth-order valence-electron chi connectivity index (χ4n) is 5.40. The molecule has 0 saturated carbocycles. The summed E-state index contributed by atoms with van der Waals surface area (Å²) in [5.74, 6) is 0.569. The lowest BCUT2D eigenvalue weighted by atomic mass is 9.72. The maximum atomic E-state index is 13.2. The van der Waals surface area contributed by atoms with Gasteiger partial charge < -0.3 is 9.80 Å². The van der Waals surface area contributed by atoms with Crippen LogP contribution in [0.5, 0.6) is 0 Å². The van der Waals surface area contributed by atoms with E-state index < -0.39 is 0 Å². The molecule has 0 radical (unpaired) electrons. The molecule has 0 unspecified atom stereocenters. The molecule has 6 heteroatoms. The van der Waals surface area contributed by atoms with E-state index in [2.05, 4.69) is 21.7 Å². The highest BCUT2D eigenvalue weighted by atomic mass is 16.2. The molecular weight excluding hydrogens is 364 g/mol. The fourth-order valence-corrected chi connectivity index (χ4v) is 5.40. The van der Waals surface area contributed by atoms with E-state index >= 15 is 0 Å². The van der Waals surface area contributed by atoms with Crippen molar-refractivity contribution >= 4 is 11.8 Å². The maximum Gasteiger partial charge on any atom is 0.239 e. The van der Waals surface area contributed by atoms with Crippen LogP contribution in [0.2, 0.25) is 0 Å². The Hall–Kier alpha value is -1.95. The minimum absolute atomic E-state index is 0.0800. The number of rotatable bonds is 4. The van der Waals surface area contributed by atoms with Gasteiger partial charge >= 0.3 is 0 Å². The zero-order valence-electron chi connectivity index (χ0n) is 17.7. The quantitative estimate of drug-likeness (QED) is 0.783. The second kappa shape index (κ2) is 8.82. The summed E-state index contributed by atoms with van der Waals surface area (Å²) in [5.41, 5.74) is 1.11. The summed E-state index contributed by atoms with van der Waals surface area (Å²) in [6.07, 6.45) is 8.74. The molecule has 2 amide bonds. The lowest BCUT2D eigenvalue weighted by Crippen LogP contribution is -2.56. The number of pyridine rings is 1. The van der Waals surface area contributed by atoms with E-state index in [4.69, 9.17) is 0 Å².